The first-order valence-corrected chi connectivity index (χ1v) is 11.8. The molecule has 0 radical (unpaired) electrons. The molecule has 7 nitrogen and oxygen atoms in total. The quantitative estimate of drug-likeness (QED) is 0.533. The number of rotatable bonds is 9. The van der Waals surface area contributed by atoms with Crippen LogP contribution < -0.4 is 4.72 Å². The van der Waals surface area contributed by atoms with Gasteiger partial charge in [0.05, 0.1) is 10.6 Å². The molecule has 2 aromatic carbocycles. The van der Waals surface area contributed by atoms with Crippen molar-refractivity contribution in [2.75, 3.05) is 20.1 Å². The van der Waals surface area contributed by atoms with Gasteiger partial charge in [0.2, 0.25) is 10.0 Å². The minimum atomic E-state index is -3.61. The second-order valence-corrected chi connectivity index (χ2v) is 9.22. The molecule has 0 atom stereocenters. The summed E-state index contributed by atoms with van der Waals surface area (Å²) >= 11 is 0. The van der Waals surface area contributed by atoms with Crippen molar-refractivity contribution in [1.29, 1.82) is 0 Å². The lowest BCUT2D eigenvalue weighted by Gasteiger charge is -2.19. The summed E-state index contributed by atoms with van der Waals surface area (Å²) < 4.78 is 27.0. The standard InChI is InChI=1S/C23H28N4O3S/c1-4-24-31(29,30)20-13-12-17(2)21(16-20)23(28)27(3)14-8-11-19-15-22(26-25-19)18-9-6-5-7-10-18/h5-7,9-10,12-13,15-16,24H,4,8,11,14H2,1-3H3,(H,25,26). The highest BCUT2D eigenvalue weighted by molar-refractivity contribution is 7.89. The first-order valence-electron chi connectivity index (χ1n) is 10.3. The van der Waals surface area contributed by atoms with Crippen molar-refractivity contribution in [3.63, 3.8) is 0 Å². The van der Waals surface area contributed by atoms with Crippen molar-refractivity contribution in [3.05, 3.63) is 71.4 Å². The topological polar surface area (TPSA) is 95.2 Å². The summed E-state index contributed by atoms with van der Waals surface area (Å²) in [6, 6.07) is 16.6. The van der Waals surface area contributed by atoms with Crippen molar-refractivity contribution >= 4 is 15.9 Å². The summed E-state index contributed by atoms with van der Waals surface area (Å²) in [6.07, 6.45) is 1.51. The normalized spacial score (nSPS) is 11.5. The molecule has 0 bridgehead atoms. The molecule has 1 amide bonds. The Morgan fingerprint density at radius 3 is 2.58 bits per heavy atom. The van der Waals surface area contributed by atoms with Crippen LogP contribution in [0.1, 0.15) is 35.0 Å². The van der Waals surface area contributed by atoms with Crippen LogP contribution in [0, 0.1) is 6.92 Å². The molecule has 3 aromatic rings. The number of aromatic nitrogens is 2. The zero-order valence-electron chi connectivity index (χ0n) is 18.1. The molecule has 2 N–H and O–H groups in total. The summed E-state index contributed by atoms with van der Waals surface area (Å²) in [4.78, 5) is 14.6. The van der Waals surface area contributed by atoms with E-state index in [0.717, 1.165) is 35.4 Å². The Bertz CT molecular complexity index is 1140. The molecule has 0 saturated heterocycles. The summed E-state index contributed by atoms with van der Waals surface area (Å²) in [5, 5.41) is 7.41. The van der Waals surface area contributed by atoms with Crippen LogP contribution in [-0.2, 0) is 16.4 Å². The number of amides is 1. The van der Waals surface area contributed by atoms with Gasteiger partial charge in [-0.25, -0.2) is 13.1 Å². The third-order valence-corrected chi connectivity index (χ3v) is 6.61. The zero-order valence-corrected chi connectivity index (χ0v) is 18.9. The SMILES string of the molecule is CCNS(=O)(=O)c1ccc(C)c(C(=O)N(C)CCCc2cc(-c3ccccc3)n[nH]2)c1. The predicted octanol–water partition coefficient (Wildman–Crippen LogP) is 3.39. The number of hydrogen-bond acceptors (Lipinski definition) is 4. The maximum atomic E-state index is 12.9. The number of nitrogens with zero attached hydrogens (tertiary/aromatic N) is 2. The van der Waals surface area contributed by atoms with Gasteiger partial charge < -0.3 is 4.90 Å². The van der Waals surface area contributed by atoms with Gasteiger partial charge in [0, 0.05) is 37.0 Å². The first-order chi connectivity index (χ1) is 14.8. The highest BCUT2D eigenvalue weighted by Gasteiger charge is 2.19. The molecule has 0 unspecified atom stereocenters. The average Bonchev–Trinajstić information content (AvgIpc) is 3.23. The molecule has 0 spiro atoms. The fourth-order valence-corrected chi connectivity index (χ4v) is 4.40. The predicted molar refractivity (Wildman–Crippen MR) is 121 cm³/mol. The smallest absolute Gasteiger partial charge is 0.253 e. The van der Waals surface area contributed by atoms with Gasteiger partial charge in [-0.3, -0.25) is 9.89 Å². The van der Waals surface area contributed by atoms with Gasteiger partial charge in [-0.05, 0) is 43.5 Å². The molecular weight excluding hydrogens is 412 g/mol. The molecule has 31 heavy (non-hydrogen) atoms. The molecule has 164 valence electrons. The van der Waals surface area contributed by atoms with Crippen molar-refractivity contribution in [1.82, 2.24) is 19.8 Å². The van der Waals surface area contributed by atoms with Crippen LogP contribution >= 0.6 is 0 Å². The molecule has 0 fully saturated rings. The monoisotopic (exact) mass is 440 g/mol. The van der Waals surface area contributed by atoms with E-state index in [0.29, 0.717) is 18.7 Å². The Morgan fingerprint density at radius 2 is 1.87 bits per heavy atom. The maximum absolute atomic E-state index is 12.9. The third-order valence-electron chi connectivity index (χ3n) is 5.07. The largest absolute Gasteiger partial charge is 0.342 e. The van der Waals surface area contributed by atoms with Crippen LogP contribution in [0.5, 0.6) is 0 Å². The second kappa shape index (κ2) is 9.89. The summed E-state index contributed by atoms with van der Waals surface area (Å²) in [5.41, 5.74) is 4.10. The van der Waals surface area contributed by atoms with Crippen molar-refractivity contribution in [2.24, 2.45) is 0 Å². The lowest BCUT2D eigenvalue weighted by Crippen LogP contribution is -2.29. The highest BCUT2D eigenvalue weighted by Crippen LogP contribution is 2.19. The van der Waals surface area contributed by atoms with E-state index in [2.05, 4.69) is 14.9 Å². The molecule has 0 aliphatic carbocycles. The number of carbonyl (C=O) groups excluding carboxylic acids is 1. The fourth-order valence-electron chi connectivity index (χ4n) is 3.33. The molecular formula is C23H28N4O3S. The van der Waals surface area contributed by atoms with Crippen molar-refractivity contribution in [3.8, 4) is 11.3 Å². The van der Waals surface area contributed by atoms with E-state index >= 15 is 0 Å². The third kappa shape index (κ3) is 5.59. The molecule has 0 aliphatic heterocycles. The van der Waals surface area contributed by atoms with E-state index in [1.165, 1.54) is 12.1 Å². The number of sulfonamides is 1. The van der Waals surface area contributed by atoms with Gasteiger partial charge in [-0.1, -0.05) is 43.3 Å². The van der Waals surface area contributed by atoms with Gasteiger partial charge in [0.15, 0.2) is 0 Å². The van der Waals surface area contributed by atoms with Crippen molar-refractivity contribution in [2.45, 2.75) is 31.6 Å². The minimum absolute atomic E-state index is 0.0996. The van der Waals surface area contributed by atoms with Crippen LogP contribution in [-0.4, -0.2) is 49.6 Å². The van der Waals surface area contributed by atoms with E-state index in [4.69, 9.17) is 0 Å². The molecule has 8 heteroatoms. The first kappa shape index (κ1) is 22.7. The van der Waals surface area contributed by atoms with Crippen LogP contribution in [0.2, 0.25) is 0 Å². The Balaban J connectivity index is 1.62. The number of H-pyrrole nitrogens is 1. The Kier molecular flexibility index (Phi) is 7.25. The Labute approximate surface area is 183 Å². The van der Waals surface area contributed by atoms with E-state index in [1.807, 2.05) is 36.4 Å². The summed E-state index contributed by atoms with van der Waals surface area (Å²) in [7, 11) is -1.88. The second-order valence-electron chi connectivity index (χ2n) is 7.45. The van der Waals surface area contributed by atoms with Gasteiger partial charge in [-0.2, -0.15) is 5.10 Å². The van der Waals surface area contributed by atoms with Crippen LogP contribution in [0.15, 0.2) is 59.5 Å². The lowest BCUT2D eigenvalue weighted by atomic mass is 10.1. The number of hydrogen-bond donors (Lipinski definition) is 2. The van der Waals surface area contributed by atoms with Gasteiger partial charge in [0.1, 0.15) is 0 Å². The molecule has 0 saturated carbocycles. The molecule has 3 rings (SSSR count). The van der Waals surface area contributed by atoms with E-state index in [1.54, 1.807) is 31.9 Å². The van der Waals surface area contributed by atoms with E-state index in [9.17, 15) is 13.2 Å². The van der Waals surface area contributed by atoms with E-state index in [-0.39, 0.29) is 10.8 Å². The Hall–Kier alpha value is -2.97. The highest BCUT2D eigenvalue weighted by atomic mass is 32.2. The number of aromatic amines is 1. The Morgan fingerprint density at radius 1 is 1.13 bits per heavy atom. The zero-order chi connectivity index (χ0) is 22.4. The van der Waals surface area contributed by atoms with E-state index < -0.39 is 10.0 Å². The summed E-state index contributed by atoms with van der Waals surface area (Å²) in [6.45, 7) is 4.36. The maximum Gasteiger partial charge on any atom is 0.253 e. The lowest BCUT2D eigenvalue weighted by molar-refractivity contribution is 0.0792. The van der Waals surface area contributed by atoms with Crippen LogP contribution in [0.25, 0.3) is 11.3 Å². The molecule has 1 heterocycles. The fraction of sp³-hybridized carbons (Fsp3) is 0.304. The minimum Gasteiger partial charge on any atom is -0.342 e. The van der Waals surface area contributed by atoms with Gasteiger partial charge >= 0.3 is 0 Å². The number of benzene rings is 2. The van der Waals surface area contributed by atoms with Crippen LogP contribution in [0.3, 0.4) is 0 Å². The van der Waals surface area contributed by atoms with Gasteiger partial charge in [0.25, 0.3) is 5.91 Å². The number of aryl methyl sites for hydroxylation is 2. The average molecular weight is 441 g/mol. The van der Waals surface area contributed by atoms with Crippen LogP contribution in [0.4, 0.5) is 0 Å². The van der Waals surface area contributed by atoms with Gasteiger partial charge in [-0.15, -0.1) is 0 Å². The molecule has 0 aliphatic rings. The number of nitrogens with one attached hydrogen (secondary N) is 2. The summed E-state index contributed by atoms with van der Waals surface area (Å²) in [5.74, 6) is -0.194. The molecule has 1 aromatic heterocycles. The van der Waals surface area contributed by atoms with Crippen molar-refractivity contribution < 1.29 is 13.2 Å². The number of carbonyl (C=O) groups is 1.